The minimum Gasteiger partial charge on any atom is -0.481 e. The molecule has 4 amide bonds. The number of carboxylic acids is 1. The second-order valence-electron chi connectivity index (χ2n) is 8.09. The summed E-state index contributed by atoms with van der Waals surface area (Å²) >= 11 is 0. The Hall–Kier alpha value is -3.14. The predicted molar refractivity (Wildman–Crippen MR) is 122 cm³/mol. The number of nitrogens with one attached hydrogen (secondary N) is 3. The van der Waals surface area contributed by atoms with E-state index in [1.807, 2.05) is 0 Å². The molecule has 0 fully saturated rings. The number of hydrogen-bond acceptors (Lipinski definition) is 10. The van der Waals surface area contributed by atoms with Gasteiger partial charge in [-0.1, -0.05) is 6.92 Å². The van der Waals surface area contributed by atoms with Crippen LogP contribution in [0.2, 0.25) is 0 Å². The van der Waals surface area contributed by atoms with Gasteiger partial charge in [-0.05, 0) is 19.8 Å². The Balaban J connectivity index is 5.26. The van der Waals surface area contributed by atoms with Gasteiger partial charge < -0.3 is 51.6 Å². The number of aliphatic hydroxyl groups is 3. The summed E-state index contributed by atoms with van der Waals surface area (Å²) < 4.78 is 5.43. The lowest BCUT2D eigenvalue weighted by atomic mass is 10.0. The van der Waals surface area contributed by atoms with E-state index in [2.05, 4.69) is 16.0 Å². The fourth-order valence-corrected chi connectivity index (χ4v) is 3.06. The quantitative estimate of drug-likeness (QED) is 0.0812. The topological polar surface area (TPSA) is 255 Å². The monoisotopic (exact) mass is 520 g/mol. The number of carbonyl (C=O) groups is 6. The van der Waals surface area contributed by atoms with Crippen LogP contribution in [0.1, 0.15) is 40.0 Å². The molecule has 0 bridgehead atoms. The summed E-state index contributed by atoms with van der Waals surface area (Å²) in [5.41, 5.74) is 5.20. The van der Waals surface area contributed by atoms with Crippen molar-refractivity contribution in [2.45, 2.75) is 76.5 Å². The summed E-state index contributed by atoms with van der Waals surface area (Å²) in [6.07, 6.45) is -6.68. The SMILES string of the molecule is CCC(CNC(=O)C(C)O[C@@H]([C@H](O)[C@H](O)CO)[C@H](C=O)NC(C)=O)C(=O)NC(CCC(=O)O)C(N)=O. The van der Waals surface area contributed by atoms with Crippen molar-refractivity contribution in [1.29, 1.82) is 0 Å². The first-order chi connectivity index (χ1) is 16.8. The van der Waals surface area contributed by atoms with Gasteiger partial charge in [0.25, 0.3) is 0 Å². The van der Waals surface area contributed by atoms with Gasteiger partial charge in [0.1, 0.15) is 42.8 Å². The highest BCUT2D eigenvalue weighted by Gasteiger charge is 2.36. The third-order valence-electron chi connectivity index (χ3n) is 5.21. The van der Waals surface area contributed by atoms with Gasteiger partial charge in [0.2, 0.25) is 23.6 Å². The van der Waals surface area contributed by atoms with E-state index in [1.165, 1.54) is 6.92 Å². The van der Waals surface area contributed by atoms with E-state index in [9.17, 15) is 39.0 Å². The molecule has 9 N–H and O–H groups in total. The van der Waals surface area contributed by atoms with Crippen LogP contribution in [-0.2, 0) is 33.5 Å². The molecule has 0 heterocycles. The molecule has 206 valence electrons. The summed E-state index contributed by atoms with van der Waals surface area (Å²) in [5, 5.41) is 44.9. The van der Waals surface area contributed by atoms with E-state index in [-0.39, 0.29) is 25.7 Å². The Morgan fingerprint density at radius 1 is 1.08 bits per heavy atom. The molecule has 0 saturated carbocycles. The van der Waals surface area contributed by atoms with E-state index in [0.717, 1.165) is 6.92 Å². The first-order valence-electron chi connectivity index (χ1n) is 11.2. The van der Waals surface area contributed by atoms with E-state index in [4.69, 9.17) is 20.7 Å². The Morgan fingerprint density at radius 2 is 1.69 bits per heavy atom. The maximum Gasteiger partial charge on any atom is 0.303 e. The lowest BCUT2D eigenvalue weighted by Gasteiger charge is -2.32. The van der Waals surface area contributed by atoms with Crippen LogP contribution in [0, 0.1) is 5.92 Å². The van der Waals surface area contributed by atoms with Gasteiger partial charge in [-0.3, -0.25) is 24.0 Å². The molecular weight excluding hydrogens is 484 g/mol. The molecule has 0 spiro atoms. The normalized spacial score (nSPS) is 16.8. The third-order valence-corrected chi connectivity index (χ3v) is 5.21. The number of primary amides is 1. The zero-order chi connectivity index (χ0) is 28.0. The number of carbonyl (C=O) groups excluding carboxylic acids is 5. The highest BCUT2D eigenvalue weighted by molar-refractivity contribution is 5.88. The third kappa shape index (κ3) is 11.5. The second-order valence-corrected chi connectivity index (χ2v) is 8.09. The molecule has 0 aromatic carbocycles. The first kappa shape index (κ1) is 32.9. The molecule has 0 aliphatic heterocycles. The molecular formula is C21H36N4O11. The standard InChI is InChI=1S/C21H36N4O11/c1-4-12(21(35)25-13(19(22)33)5-6-16(30)31)7-23-20(34)10(2)36-18(17(32)15(29)9-27)14(8-26)24-11(3)28/h8,10,12-15,17-18,27,29,32H,4-7,9H2,1-3H3,(H2,22,33)(H,23,34)(H,24,28)(H,25,35)(H,30,31)/t10?,12?,13?,14-,15+,17+,18+/m0/s1. The molecule has 36 heavy (non-hydrogen) atoms. The number of carboxylic acid groups (broad SMARTS) is 1. The minimum atomic E-state index is -1.85. The largest absolute Gasteiger partial charge is 0.481 e. The van der Waals surface area contributed by atoms with Gasteiger partial charge in [0, 0.05) is 19.9 Å². The Bertz CT molecular complexity index is 779. The molecule has 7 atom stereocenters. The molecule has 0 aromatic heterocycles. The van der Waals surface area contributed by atoms with Gasteiger partial charge in [0.05, 0.1) is 12.5 Å². The highest BCUT2D eigenvalue weighted by atomic mass is 16.5. The van der Waals surface area contributed by atoms with Crippen molar-refractivity contribution in [1.82, 2.24) is 16.0 Å². The smallest absolute Gasteiger partial charge is 0.303 e. The van der Waals surface area contributed by atoms with Gasteiger partial charge in [-0.15, -0.1) is 0 Å². The lowest BCUT2D eigenvalue weighted by molar-refractivity contribution is -0.157. The molecule has 0 aliphatic carbocycles. The highest BCUT2D eigenvalue weighted by Crippen LogP contribution is 2.13. The Morgan fingerprint density at radius 3 is 2.14 bits per heavy atom. The van der Waals surface area contributed by atoms with E-state index >= 15 is 0 Å². The van der Waals surface area contributed by atoms with Crippen molar-refractivity contribution in [2.75, 3.05) is 13.2 Å². The van der Waals surface area contributed by atoms with E-state index in [1.54, 1.807) is 6.92 Å². The summed E-state index contributed by atoms with van der Waals surface area (Å²) in [6, 6.07) is -2.67. The molecule has 0 aliphatic rings. The maximum atomic E-state index is 12.5. The Labute approximate surface area is 207 Å². The number of ether oxygens (including phenoxy) is 1. The van der Waals surface area contributed by atoms with Gasteiger partial charge in [-0.2, -0.15) is 0 Å². The summed E-state index contributed by atoms with van der Waals surface area (Å²) in [7, 11) is 0. The fourth-order valence-electron chi connectivity index (χ4n) is 3.06. The zero-order valence-electron chi connectivity index (χ0n) is 20.4. The molecule has 0 radical (unpaired) electrons. The average molecular weight is 521 g/mol. The minimum absolute atomic E-state index is 0.209. The zero-order valence-corrected chi connectivity index (χ0v) is 20.4. The van der Waals surface area contributed by atoms with Gasteiger partial charge in [0.15, 0.2) is 0 Å². The second kappa shape index (κ2) is 16.5. The summed E-state index contributed by atoms with van der Waals surface area (Å²) in [4.78, 5) is 70.1. The van der Waals surface area contributed by atoms with Crippen molar-refractivity contribution < 1.29 is 53.9 Å². The van der Waals surface area contributed by atoms with E-state index < -0.39 is 85.0 Å². The number of hydrogen-bond donors (Lipinski definition) is 8. The van der Waals surface area contributed by atoms with Crippen molar-refractivity contribution in [3.8, 4) is 0 Å². The summed E-state index contributed by atoms with van der Waals surface area (Å²) in [6.45, 7) is 2.89. The molecule has 3 unspecified atom stereocenters. The van der Waals surface area contributed by atoms with Crippen LogP contribution < -0.4 is 21.7 Å². The Kier molecular flexibility index (Phi) is 15.1. The molecule has 0 rings (SSSR count). The van der Waals surface area contributed by atoms with Crippen LogP contribution in [0.25, 0.3) is 0 Å². The van der Waals surface area contributed by atoms with Crippen molar-refractivity contribution in [3.63, 3.8) is 0 Å². The van der Waals surface area contributed by atoms with Crippen LogP contribution in [0.4, 0.5) is 0 Å². The summed E-state index contributed by atoms with van der Waals surface area (Å²) in [5.74, 6) is -4.99. The van der Waals surface area contributed by atoms with Crippen molar-refractivity contribution in [3.05, 3.63) is 0 Å². The first-order valence-corrected chi connectivity index (χ1v) is 11.2. The van der Waals surface area contributed by atoms with Gasteiger partial charge in [-0.25, -0.2) is 0 Å². The van der Waals surface area contributed by atoms with Crippen molar-refractivity contribution >= 4 is 35.9 Å². The number of amides is 4. The number of aliphatic hydroxyl groups excluding tert-OH is 3. The van der Waals surface area contributed by atoms with E-state index in [0.29, 0.717) is 0 Å². The average Bonchev–Trinajstić information content (AvgIpc) is 2.82. The van der Waals surface area contributed by atoms with Crippen LogP contribution in [0.3, 0.4) is 0 Å². The molecule has 0 aromatic rings. The van der Waals surface area contributed by atoms with Crippen LogP contribution >= 0.6 is 0 Å². The van der Waals surface area contributed by atoms with Gasteiger partial charge >= 0.3 is 5.97 Å². The number of aldehydes is 1. The number of rotatable bonds is 18. The lowest BCUT2D eigenvalue weighted by Crippen LogP contribution is -2.56. The van der Waals surface area contributed by atoms with Crippen molar-refractivity contribution in [2.24, 2.45) is 11.7 Å². The molecule has 0 saturated heterocycles. The van der Waals surface area contributed by atoms with Crippen LogP contribution in [-0.4, -0.2) is 106 Å². The molecule has 15 nitrogen and oxygen atoms in total. The van der Waals surface area contributed by atoms with Crippen LogP contribution in [0.5, 0.6) is 0 Å². The maximum absolute atomic E-state index is 12.5. The number of nitrogens with two attached hydrogens (primary N) is 1. The molecule has 15 heteroatoms. The van der Waals surface area contributed by atoms with Crippen LogP contribution in [0.15, 0.2) is 0 Å². The predicted octanol–water partition coefficient (Wildman–Crippen LogP) is -3.84. The fraction of sp³-hybridized carbons (Fsp3) is 0.714. The number of aliphatic carboxylic acids is 1.